The van der Waals surface area contributed by atoms with E-state index in [0.29, 0.717) is 22.7 Å². The Morgan fingerprint density at radius 3 is 2.34 bits per heavy atom. The zero-order valence-corrected chi connectivity index (χ0v) is 20.9. The maximum atomic E-state index is 13.2. The quantitative estimate of drug-likeness (QED) is 0.391. The van der Waals surface area contributed by atoms with Gasteiger partial charge in [-0.3, -0.25) is 14.4 Å². The van der Waals surface area contributed by atoms with Crippen LogP contribution in [-0.4, -0.2) is 31.9 Å². The minimum absolute atomic E-state index is 0.111. The van der Waals surface area contributed by atoms with Gasteiger partial charge in [0.2, 0.25) is 0 Å². The second-order valence-electron chi connectivity index (χ2n) is 7.34. The summed E-state index contributed by atoms with van der Waals surface area (Å²) in [6, 6.07) is 18.3. The van der Waals surface area contributed by atoms with E-state index < -0.39 is 11.8 Å². The predicted molar refractivity (Wildman–Crippen MR) is 137 cm³/mol. The number of rotatable bonds is 7. The van der Waals surface area contributed by atoms with Crippen LogP contribution in [0.4, 0.5) is 17.1 Å². The first kappa shape index (κ1) is 24.3. The number of hydrogen-bond acceptors (Lipinski definition) is 6. The van der Waals surface area contributed by atoms with Crippen LogP contribution in [0.2, 0.25) is 0 Å². The normalized spacial score (nSPS) is 13.2. The number of hydrogen-bond donors (Lipinski definition) is 2. The fraction of sp³-hybridized carbons (Fsp3) is 0.0800. The summed E-state index contributed by atoms with van der Waals surface area (Å²) in [5.41, 5.74) is 1.50. The van der Waals surface area contributed by atoms with Crippen molar-refractivity contribution >= 4 is 62.3 Å². The molecule has 0 saturated heterocycles. The van der Waals surface area contributed by atoms with Gasteiger partial charge >= 0.3 is 0 Å². The van der Waals surface area contributed by atoms with Crippen LogP contribution in [-0.2, 0) is 9.59 Å². The van der Waals surface area contributed by atoms with E-state index in [4.69, 9.17) is 21.1 Å². The minimum atomic E-state index is -0.702. The maximum absolute atomic E-state index is 13.2. The van der Waals surface area contributed by atoms with Crippen LogP contribution in [0, 0.1) is 0 Å². The highest BCUT2D eigenvalue weighted by atomic mass is 79.9. The van der Waals surface area contributed by atoms with Crippen molar-refractivity contribution < 1.29 is 23.9 Å². The summed E-state index contributed by atoms with van der Waals surface area (Å²) in [7, 11) is 2.91. The molecule has 1 aliphatic heterocycles. The molecule has 35 heavy (non-hydrogen) atoms. The molecule has 0 spiro atoms. The summed E-state index contributed by atoms with van der Waals surface area (Å²) < 4.78 is 11.4. The third-order valence-electron chi connectivity index (χ3n) is 5.15. The average Bonchev–Trinajstić information content (AvgIpc) is 3.08. The van der Waals surface area contributed by atoms with Gasteiger partial charge in [0.05, 0.1) is 19.9 Å². The second kappa shape index (κ2) is 10.2. The molecule has 0 fully saturated rings. The van der Waals surface area contributed by atoms with Crippen molar-refractivity contribution in [3.8, 4) is 11.5 Å². The second-order valence-corrected chi connectivity index (χ2v) is 8.63. The molecule has 0 aromatic heterocycles. The molecule has 8 nitrogen and oxygen atoms in total. The van der Waals surface area contributed by atoms with E-state index in [0.717, 1.165) is 9.37 Å². The standard InChI is InChI=1S/C25H19BrClN3O5/c1-34-18-10-11-19(20(13-18)35-2)30-24(32)21(27)22(25(30)33)28-17-5-3-4-14(12-17)23(31)29-16-8-6-15(26)7-9-16/h3-13,28H,1-2H3,(H,29,31). The lowest BCUT2D eigenvalue weighted by molar-refractivity contribution is -0.120. The number of nitrogens with zero attached hydrogens (tertiary/aromatic N) is 1. The zero-order chi connectivity index (χ0) is 25.1. The number of anilines is 3. The summed E-state index contributed by atoms with van der Waals surface area (Å²) in [5.74, 6) is -0.932. The molecule has 0 bridgehead atoms. The van der Waals surface area contributed by atoms with Gasteiger partial charge in [0.1, 0.15) is 22.2 Å². The molecule has 3 aromatic rings. The average molecular weight is 557 g/mol. The number of benzene rings is 3. The van der Waals surface area contributed by atoms with E-state index in [-0.39, 0.29) is 28.1 Å². The molecule has 0 unspecified atom stereocenters. The SMILES string of the molecule is COc1ccc(N2C(=O)C(Cl)=C(Nc3cccc(C(=O)Nc4ccc(Br)cc4)c3)C2=O)c(OC)c1. The predicted octanol–water partition coefficient (Wildman–Crippen LogP) is 5.15. The van der Waals surface area contributed by atoms with Crippen molar-refractivity contribution in [2.24, 2.45) is 0 Å². The molecular formula is C25H19BrClN3O5. The number of carbonyl (C=O) groups is 3. The van der Waals surface area contributed by atoms with Crippen molar-refractivity contribution in [1.29, 1.82) is 0 Å². The Morgan fingerprint density at radius 1 is 0.914 bits per heavy atom. The van der Waals surface area contributed by atoms with Crippen LogP contribution in [0.25, 0.3) is 0 Å². The van der Waals surface area contributed by atoms with Gasteiger partial charge in [-0.25, -0.2) is 4.90 Å². The third kappa shape index (κ3) is 5.01. The number of carbonyl (C=O) groups excluding carboxylic acids is 3. The first-order chi connectivity index (χ1) is 16.8. The molecule has 178 valence electrons. The molecule has 2 N–H and O–H groups in total. The van der Waals surface area contributed by atoms with E-state index in [1.54, 1.807) is 48.5 Å². The van der Waals surface area contributed by atoms with Gasteiger partial charge in [-0.1, -0.05) is 33.6 Å². The first-order valence-electron chi connectivity index (χ1n) is 10.3. The summed E-state index contributed by atoms with van der Waals surface area (Å²) in [5, 5.41) is 5.40. The Bertz CT molecular complexity index is 1360. The van der Waals surface area contributed by atoms with Crippen LogP contribution < -0.4 is 25.0 Å². The summed E-state index contributed by atoms with van der Waals surface area (Å²) in [6.45, 7) is 0. The Morgan fingerprint density at radius 2 is 1.66 bits per heavy atom. The molecule has 4 rings (SSSR count). The molecule has 0 radical (unpaired) electrons. The fourth-order valence-electron chi connectivity index (χ4n) is 3.42. The van der Waals surface area contributed by atoms with Crippen molar-refractivity contribution in [3.63, 3.8) is 0 Å². The highest BCUT2D eigenvalue weighted by Crippen LogP contribution is 2.37. The summed E-state index contributed by atoms with van der Waals surface area (Å²) >= 11 is 9.60. The van der Waals surface area contributed by atoms with E-state index in [9.17, 15) is 14.4 Å². The van der Waals surface area contributed by atoms with Gasteiger partial charge in [0.25, 0.3) is 17.7 Å². The Balaban J connectivity index is 1.56. The molecule has 0 saturated carbocycles. The van der Waals surface area contributed by atoms with Crippen LogP contribution >= 0.6 is 27.5 Å². The molecule has 0 atom stereocenters. The summed E-state index contributed by atoms with van der Waals surface area (Å²) in [6.07, 6.45) is 0. The number of ether oxygens (including phenoxy) is 2. The number of methoxy groups -OCH3 is 2. The maximum Gasteiger partial charge on any atom is 0.283 e. The molecular weight excluding hydrogens is 538 g/mol. The molecule has 3 amide bonds. The van der Waals surface area contributed by atoms with Crippen molar-refractivity contribution in [2.45, 2.75) is 0 Å². The van der Waals surface area contributed by atoms with Gasteiger partial charge in [-0.15, -0.1) is 0 Å². The van der Waals surface area contributed by atoms with Gasteiger partial charge in [-0.2, -0.15) is 0 Å². The largest absolute Gasteiger partial charge is 0.497 e. The first-order valence-corrected chi connectivity index (χ1v) is 11.4. The van der Waals surface area contributed by atoms with Crippen molar-refractivity contribution in [2.75, 3.05) is 29.8 Å². The van der Waals surface area contributed by atoms with Gasteiger partial charge in [0, 0.05) is 27.5 Å². The Hall–Kier alpha value is -3.82. The molecule has 10 heteroatoms. The molecule has 1 heterocycles. The number of nitrogens with one attached hydrogen (secondary N) is 2. The zero-order valence-electron chi connectivity index (χ0n) is 18.6. The highest BCUT2D eigenvalue weighted by molar-refractivity contribution is 9.10. The Kier molecular flexibility index (Phi) is 7.09. The summed E-state index contributed by atoms with van der Waals surface area (Å²) in [4.78, 5) is 39.6. The van der Waals surface area contributed by atoms with E-state index in [1.165, 1.54) is 20.3 Å². The van der Waals surface area contributed by atoms with Crippen LogP contribution in [0.3, 0.4) is 0 Å². The van der Waals surface area contributed by atoms with Crippen LogP contribution in [0.5, 0.6) is 11.5 Å². The van der Waals surface area contributed by atoms with Crippen LogP contribution in [0.15, 0.2) is 81.9 Å². The monoisotopic (exact) mass is 555 g/mol. The highest BCUT2D eigenvalue weighted by Gasteiger charge is 2.40. The van der Waals surface area contributed by atoms with Gasteiger partial charge < -0.3 is 20.1 Å². The van der Waals surface area contributed by atoms with Crippen molar-refractivity contribution in [3.05, 3.63) is 87.5 Å². The Labute approximate surface area is 214 Å². The van der Waals surface area contributed by atoms with E-state index in [1.807, 2.05) is 12.1 Å². The molecule has 3 aromatic carbocycles. The van der Waals surface area contributed by atoms with E-state index >= 15 is 0 Å². The van der Waals surface area contributed by atoms with E-state index in [2.05, 4.69) is 26.6 Å². The van der Waals surface area contributed by atoms with Crippen molar-refractivity contribution in [1.82, 2.24) is 0 Å². The molecule has 1 aliphatic rings. The van der Waals surface area contributed by atoms with Gasteiger partial charge in [0.15, 0.2) is 0 Å². The number of halogens is 2. The smallest absolute Gasteiger partial charge is 0.283 e. The number of imide groups is 1. The number of amides is 3. The lowest BCUT2D eigenvalue weighted by Crippen LogP contribution is -2.32. The van der Waals surface area contributed by atoms with Gasteiger partial charge in [-0.05, 0) is 54.6 Å². The fourth-order valence-corrected chi connectivity index (χ4v) is 3.90. The lowest BCUT2D eigenvalue weighted by atomic mass is 10.1. The third-order valence-corrected chi connectivity index (χ3v) is 6.03. The minimum Gasteiger partial charge on any atom is -0.497 e. The molecule has 0 aliphatic carbocycles. The topological polar surface area (TPSA) is 97.0 Å². The van der Waals surface area contributed by atoms with Crippen LogP contribution in [0.1, 0.15) is 10.4 Å². The lowest BCUT2D eigenvalue weighted by Gasteiger charge is -2.18.